The Kier molecular flexibility index (Phi) is 3.39. The second-order valence-electron chi connectivity index (χ2n) is 4.84. The molecule has 1 saturated carbocycles. The van der Waals surface area contributed by atoms with Crippen molar-refractivity contribution in [2.45, 2.75) is 38.1 Å². The van der Waals surface area contributed by atoms with Gasteiger partial charge >= 0.3 is 0 Å². The molecule has 1 aliphatic carbocycles. The van der Waals surface area contributed by atoms with Crippen LogP contribution in [0.4, 0.5) is 5.95 Å². The van der Waals surface area contributed by atoms with Crippen molar-refractivity contribution < 1.29 is 5.11 Å². The molecule has 1 aliphatic rings. The molecule has 4 nitrogen and oxygen atoms in total. The molecule has 1 fully saturated rings. The van der Waals surface area contributed by atoms with Gasteiger partial charge in [0.05, 0.1) is 12.1 Å². The number of anilines is 1. The minimum absolute atomic E-state index is 0.148. The summed E-state index contributed by atoms with van der Waals surface area (Å²) in [6, 6.07) is 1.79. The third-order valence-electron chi connectivity index (χ3n) is 3.34. The fourth-order valence-corrected chi connectivity index (χ4v) is 2.56. The SMILES string of the molecule is CC1CCCC(CO)(Nc2ncccn2)C1. The van der Waals surface area contributed by atoms with Crippen molar-refractivity contribution in [1.82, 2.24) is 9.97 Å². The highest BCUT2D eigenvalue weighted by atomic mass is 16.3. The van der Waals surface area contributed by atoms with Gasteiger partial charge in [0.2, 0.25) is 5.95 Å². The average Bonchev–Trinajstić information content (AvgIpc) is 2.30. The molecule has 1 heterocycles. The van der Waals surface area contributed by atoms with E-state index in [1.54, 1.807) is 18.5 Å². The van der Waals surface area contributed by atoms with E-state index in [4.69, 9.17) is 0 Å². The number of aromatic nitrogens is 2. The first-order valence-electron chi connectivity index (χ1n) is 5.90. The predicted octanol–water partition coefficient (Wildman–Crippen LogP) is 1.83. The van der Waals surface area contributed by atoms with Crippen LogP contribution in [-0.2, 0) is 0 Å². The molecular formula is C12H19N3O. The van der Waals surface area contributed by atoms with Crippen molar-refractivity contribution in [2.24, 2.45) is 5.92 Å². The van der Waals surface area contributed by atoms with Gasteiger partial charge in [0, 0.05) is 12.4 Å². The van der Waals surface area contributed by atoms with Crippen molar-refractivity contribution in [1.29, 1.82) is 0 Å². The average molecular weight is 221 g/mol. The Morgan fingerprint density at radius 3 is 2.88 bits per heavy atom. The number of nitrogens with zero attached hydrogens (tertiary/aromatic N) is 2. The molecule has 1 aromatic heterocycles. The predicted molar refractivity (Wildman–Crippen MR) is 63.1 cm³/mol. The van der Waals surface area contributed by atoms with Gasteiger partial charge in [-0.1, -0.05) is 19.8 Å². The minimum atomic E-state index is -0.223. The summed E-state index contributed by atoms with van der Waals surface area (Å²) in [4.78, 5) is 8.32. The van der Waals surface area contributed by atoms with Crippen molar-refractivity contribution >= 4 is 5.95 Å². The van der Waals surface area contributed by atoms with Crippen LogP contribution in [0.15, 0.2) is 18.5 Å². The van der Waals surface area contributed by atoms with Crippen molar-refractivity contribution in [3.8, 4) is 0 Å². The van der Waals surface area contributed by atoms with Gasteiger partial charge in [0.25, 0.3) is 0 Å². The maximum absolute atomic E-state index is 9.60. The number of rotatable bonds is 3. The number of hydrogen-bond donors (Lipinski definition) is 2. The molecule has 2 unspecified atom stereocenters. The molecule has 2 N–H and O–H groups in total. The maximum Gasteiger partial charge on any atom is 0.223 e. The zero-order chi connectivity index (χ0) is 11.4. The molecule has 88 valence electrons. The highest BCUT2D eigenvalue weighted by Crippen LogP contribution is 2.33. The van der Waals surface area contributed by atoms with Crippen LogP contribution in [0.5, 0.6) is 0 Å². The molecule has 1 aromatic rings. The van der Waals surface area contributed by atoms with Gasteiger partial charge in [0.15, 0.2) is 0 Å². The van der Waals surface area contributed by atoms with E-state index in [1.807, 2.05) is 0 Å². The van der Waals surface area contributed by atoms with E-state index < -0.39 is 0 Å². The van der Waals surface area contributed by atoms with Crippen LogP contribution in [-0.4, -0.2) is 27.2 Å². The fraction of sp³-hybridized carbons (Fsp3) is 0.667. The summed E-state index contributed by atoms with van der Waals surface area (Å²) in [6.07, 6.45) is 7.81. The van der Waals surface area contributed by atoms with E-state index in [0.29, 0.717) is 11.9 Å². The lowest BCUT2D eigenvalue weighted by Crippen LogP contribution is -2.46. The topological polar surface area (TPSA) is 58.0 Å². The molecule has 0 amide bonds. The Labute approximate surface area is 96.1 Å². The zero-order valence-corrected chi connectivity index (χ0v) is 9.69. The van der Waals surface area contributed by atoms with Crippen LogP contribution in [0.1, 0.15) is 32.6 Å². The Morgan fingerprint density at radius 2 is 2.25 bits per heavy atom. The van der Waals surface area contributed by atoms with Gasteiger partial charge < -0.3 is 10.4 Å². The molecule has 2 rings (SSSR count). The van der Waals surface area contributed by atoms with Crippen molar-refractivity contribution in [3.63, 3.8) is 0 Å². The lowest BCUT2D eigenvalue weighted by atomic mass is 9.77. The van der Waals surface area contributed by atoms with Crippen LogP contribution in [0.3, 0.4) is 0 Å². The lowest BCUT2D eigenvalue weighted by Gasteiger charge is -2.39. The van der Waals surface area contributed by atoms with Gasteiger partial charge in [-0.3, -0.25) is 0 Å². The van der Waals surface area contributed by atoms with E-state index in [1.165, 1.54) is 6.42 Å². The Bertz CT molecular complexity index is 330. The quantitative estimate of drug-likeness (QED) is 0.817. The summed E-state index contributed by atoms with van der Waals surface area (Å²) >= 11 is 0. The van der Waals surface area contributed by atoms with Gasteiger partial charge in [-0.2, -0.15) is 0 Å². The fourth-order valence-electron chi connectivity index (χ4n) is 2.56. The lowest BCUT2D eigenvalue weighted by molar-refractivity contribution is 0.149. The first-order chi connectivity index (χ1) is 7.74. The summed E-state index contributed by atoms with van der Waals surface area (Å²) in [5.41, 5.74) is -0.223. The molecule has 0 spiro atoms. The van der Waals surface area contributed by atoms with E-state index in [-0.39, 0.29) is 12.1 Å². The summed E-state index contributed by atoms with van der Waals surface area (Å²) in [6.45, 7) is 2.38. The molecule has 0 aliphatic heterocycles. The number of aliphatic hydroxyl groups is 1. The minimum Gasteiger partial charge on any atom is -0.394 e. The Morgan fingerprint density at radius 1 is 1.50 bits per heavy atom. The summed E-state index contributed by atoms with van der Waals surface area (Å²) in [5.74, 6) is 1.27. The maximum atomic E-state index is 9.60. The van der Waals surface area contributed by atoms with Crippen molar-refractivity contribution in [2.75, 3.05) is 11.9 Å². The van der Waals surface area contributed by atoms with Gasteiger partial charge in [-0.05, 0) is 24.8 Å². The Hall–Kier alpha value is -1.16. The standard InChI is InChI=1S/C12H19N3O/c1-10-4-2-5-12(8-10,9-16)15-11-13-6-3-7-14-11/h3,6-7,10,16H,2,4-5,8-9H2,1H3,(H,13,14,15). The molecule has 0 bridgehead atoms. The van der Waals surface area contributed by atoms with Gasteiger partial charge in [0.1, 0.15) is 0 Å². The number of nitrogens with one attached hydrogen (secondary N) is 1. The van der Waals surface area contributed by atoms with Crippen molar-refractivity contribution in [3.05, 3.63) is 18.5 Å². The highest BCUT2D eigenvalue weighted by molar-refractivity contribution is 5.28. The number of aliphatic hydroxyl groups excluding tert-OH is 1. The molecule has 4 heteroatoms. The molecule has 16 heavy (non-hydrogen) atoms. The molecule has 0 saturated heterocycles. The number of hydrogen-bond acceptors (Lipinski definition) is 4. The monoisotopic (exact) mass is 221 g/mol. The van der Waals surface area contributed by atoms with Gasteiger partial charge in [-0.15, -0.1) is 0 Å². The van der Waals surface area contributed by atoms with Crippen LogP contribution in [0.2, 0.25) is 0 Å². The summed E-state index contributed by atoms with van der Waals surface area (Å²) in [5, 5.41) is 12.9. The third-order valence-corrected chi connectivity index (χ3v) is 3.34. The normalized spacial score (nSPS) is 30.0. The second-order valence-corrected chi connectivity index (χ2v) is 4.84. The molecule has 2 atom stereocenters. The first kappa shape index (κ1) is 11.3. The summed E-state index contributed by atoms with van der Waals surface area (Å²) < 4.78 is 0. The highest BCUT2D eigenvalue weighted by Gasteiger charge is 2.34. The van der Waals surface area contributed by atoms with E-state index in [0.717, 1.165) is 19.3 Å². The van der Waals surface area contributed by atoms with Crippen LogP contribution >= 0.6 is 0 Å². The van der Waals surface area contributed by atoms with E-state index in [2.05, 4.69) is 22.2 Å². The Balaban J connectivity index is 2.10. The smallest absolute Gasteiger partial charge is 0.223 e. The zero-order valence-electron chi connectivity index (χ0n) is 9.69. The van der Waals surface area contributed by atoms with E-state index in [9.17, 15) is 5.11 Å². The third kappa shape index (κ3) is 2.50. The molecule has 0 aromatic carbocycles. The first-order valence-corrected chi connectivity index (χ1v) is 5.90. The second kappa shape index (κ2) is 4.78. The van der Waals surface area contributed by atoms with E-state index >= 15 is 0 Å². The van der Waals surface area contributed by atoms with Crippen LogP contribution in [0.25, 0.3) is 0 Å². The molecule has 0 radical (unpaired) electrons. The molecular weight excluding hydrogens is 202 g/mol. The van der Waals surface area contributed by atoms with Crippen LogP contribution < -0.4 is 5.32 Å². The van der Waals surface area contributed by atoms with Crippen LogP contribution in [0, 0.1) is 5.92 Å². The van der Waals surface area contributed by atoms with Gasteiger partial charge in [-0.25, -0.2) is 9.97 Å². The largest absolute Gasteiger partial charge is 0.394 e. The summed E-state index contributed by atoms with van der Waals surface area (Å²) in [7, 11) is 0.